The normalized spacial score (nSPS) is 14.1. The van der Waals surface area contributed by atoms with Crippen LogP contribution in [0.15, 0.2) is 73.8 Å². The minimum Gasteiger partial charge on any atom is -0.395 e. The fourth-order valence-electron chi connectivity index (χ4n) is 5.74. The molecule has 43 heavy (non-hydrogen) atoms. The smallest absolute Gasteiger partial charge is 0.183 e. The van der Waals surface area contributed by atoms with Crippen LogP contribution in [0, 0.1) is 0 Å². The van der Waals surface area contributed by atoms with E-state index in [9.17, 15) is 9.59 Å². The highest BCUT2D eigenvalue weighted by Crippen LogP contribution is 2.33. The van der Waals surface area contributed by atoms with Crippen molar-refractivity contribution in [2.75, 3.05) is 65.1 Å². The average molecular weight is 593 g/mol. The molecule has 0 bridgehead atoms. The first kappa shape index (κ1) is 35.9. The lowest BCUT2D eigenvalue weighted by atomic mass is 9.78. The van der Waals surface area contributed by atoms with Crippen LogP contribution >= 0.6 is 0 Å². The molecule has 0 heterocycles. The molecule has 0 saturated carbocycles. The van der Waals surface area contributed by atoms with E-state index in [1.54, 1.807) is 0 Å². The number of hydrogen-bond donors (Lipinski definition) is 4. The maximum atomic E-state index is 13.9. The summed E-state index contributed by atoms with van der Waals surface area (Å²) in [6, 6.07) is 14.8. The van der Waals surface area contributed by atoms with Crippen LogP contribution in [0.1, 0.15) is 65.7 Å². The zero-order chi connectivity index (χ0) is 31.9. The van der Waals surface area contributed by atoms with Crippen molar-refractivity contribution in [1.29, 1.82) is 0 Å². The number of ketones is 2. The molecule has 0 saturated heterocycles. The zero-order valence-corrected chi connectivity index (χ0v) is 26.6. The summed E-state index contributed by atoms with van der Waals surface area (Å²) in [6.07, 6.45) is 8.55. The van der Waals surface area contributed by atoms with Crippen molar-refractivity contribution in [2.24, 2.45) is 0 Å². The van der Waals surface area contributed by atoms with Crippen LogP contribution in [-0.4, -0.2) is 97.2 Å². The molecule has 0 aliphatic heterocycles. The van der Waals surface area contributed by atoms with E-state index in [-0.39, 0.29) is 24.8 Å². The van der Waals surface area contributed by atoms with E-state index in [1.807, 2.05) is 98.7 Å². The predicted molar refractivity (Wildman–Crippen MR) is 178 cm³/mol. The highest BCUT2D eigenvalue weighted by atomic mass is 16.3. The Hall–Kier alpha value is -3.30. The van der Waals surface area contributed by atoms with Gasteiger partial charge in [-0.2, -0.15) is 0 Å². The third-order valence-electron chi connectivity index (χ3n) is 8.38. The van der Waals surface area contributed by atoms with Gasteiger partial charge in [0.15, 0.2) is 11.6 Å². The highest BCUT2D eigenvalue weighted by Gasteiger charge is 2.41. The van der Waals surface area contributed by atoms with Crippen molar-refractivity contribution in [3.05, 3.63) is 85.0 Å². The lowest BCUT2D eigenvalue weighted by Crippen LogP contribution is -2.51. The Kier molecular flexibility index (Phi) is 14.8. The number of nitrogens with zero attached hydrogens (tertiary/aromatic N) is 2. The van der Waals surface area contributed by atoms with Crippen molar-refractivity contribution in [1.82, 2.24) is 9.80 Å². The van der Waals surface area contributed by atoms with E-state index >= 15 is 0 Å². The first-order valence-corrected chi connectivity index (χ1v) is 15.2. The molecule has 2 aromatic rings. The number of benzene rings is 2. The molecule has 2 unspecified atom stereocenters. The van der Waals surface area contributed by atoms with E-state index in [0.717, 1.165) is 30.6 Å². The van der Waals surface area contributed by atoms with Gasteiger partial charge in [-0.1, -0.05) is 31.4 Å². The SMILES string of the molecule is C=CCC(CCCCCC(CC=C)(C(=O)c1ccc(NCCO)cc1)N(C)C)(C(=O)c1ccc(NCCO)cc1)N(C)C. The summed E-state index contributed by atoms with van der Waals surface area (Å²) in [5.41, 5.74) is 1.57. The molecule has 0 aliphatic rings. The Bertz CT molecular complexity index is 1070. The van der Waals surface area contributed by atoms with Crippen LogP contribution in [0.25, 0.3) is 0 Å². The summed E-state index contributed by atoms with van der Waals surface area (Å²) in [5, 5.41) is 24.4. The number of carbonyl (C=O) groups excluding carboxylic acids is 2. The number of unbranched alkanes of at least 4 members (excludes halogenated alkanes) is 2. The molecule has 4 N–H and O–H groups in total. The van der Waals surface area contributed by atoms with Crippen LogP contribution in [0.3, 0.4) is 0 Å². The molecule has 0 radical (unpaired) electrons. The largest absolute Gasteiger partial charge is 0.395 e. The van der Waals surface area contributed by atoms with E-state index in [0.29, 0.717) is 49.9 Å². The second-order valence-corrected chi connectivity index (χ2v) is 11.5. The third kappa shape index (κ3) is 9.34. The lowest BCUT2D eigenvalue weighted by Gasteiger charge is -2.39. The van der Waals surface area contributed by atoms with Gasteiger partial charge in [0, 0.05) is 35.6 Å². The molecule has 0 aliphatic carbocycles. The summed E-state index contributed by atoms with van der Waals surface area (Å²) >= 11 is 0. The van der Waals surface area contributed by atoms with E-state index in [2.05, 4.69) is 23.8 Å². The minimum absolute atomic E-state index is 0.0398. The first-order valence-electron chi connectivity index (χ1n) is 15.2. The van der Waals surface area contributed by atoms with Gasteiger partial charge in [0.1, 0.15) is 0 Å². The number of nitrogens with one attached hydrogen (secondary N) is 2. The molecule has 2 atom stereocenters. The van der Waals surface area contributed by atoms with Gasteiger partial charge in [-0.15, -0.1) is 13.2 Å². The molecular weight excluding hydrogens is 540 g/mol. The number of likely N-dealkylation sites (N-methyl/N-ethyl adjacent to an activating group) is 2. The Balaban J connectivity index is 2.16. The maximum absolute atomic E-state index is 13.9. The Labute approximate surface area is 258 Å². The van der Waals surface area contributed by atoms with Crippen LogP contribution in [-0.2, 0) is 0 Å². The number of carbonyl (C=O) groups is 2. The summed E-state index contributed by atoms with van der Waals surface area (Å²) in [6.45, 7) is 8.90. The van der Waals surface area contributed by atoms with Gasteiger partial charge in [0.25, 0.3) is 0 Å². The molecule has 0 fully saturated rings. The van der Waals surface area contributed by atoms with Gasteiger partial charge >= 0.3 is 0 Å². The molecule has 2 rings (SSSR count). The van der Waals surface area contributed by atoms with Crippen molar-refractivity contribution in [2.45, 2.75) is 56.0 Å². The van der Waals surface area contributed by atoms with Crippen LogP contribution in [0.2, 0.25) is 0 Å². The van der Waals surface area contributed by atoms with Gasteiger partial charge in [-0.25, -0.2) is 0 Å². The monoisotopic (exact) mass is 592 g/mol. The maximum Gasteiger partial charge on any atom is 0.183 e. The first-order chi connectivity index (χ1) is 20.6. The van der Waals surface area contributed by atoms with Crippen LogP contribution in [0.4, 0.5) is 11.4 Å². The lowest BCUT2D eigenvalue weighted by molar-refractivity contribution is 0.0637. The van der Waals surface area contributed by atoms with Crippen molar-refractivity contribution in [3.63, 3.8) is 0 Å². The Morgan fingerprint density at radius 3 is 1.30 bits per heavy atom. The van der Waals surface area contributed by atoms with Crippen molar-refractivity contribution in [3.8, 4) is 0 Å². The van der Waals surface area contributed by atoms with Gasteiger partial charge in [0.05, 0.1) is 24.3 Å². The molecule has 0 aromatic heterocycles. The fourth-order valence-corrected chi connectivity index (χ4v) is 5.74. The molecule has 8 nitrogen and oxygen atoms in total. The second kappa shape index (κ2) is 17.7. The fraction of sp³-hybridized carbons (Fsp3) is 0.486. The molecule has 2 aromatic carbocycles. The van der Waals surface area contributed by atoms with E-state index < -0.39 is 11.1 Å². The summed E-state index contributed by atoms with van der Waals surface area (Å²) in [5.74, 6) is 0.125. The third-order valence-corrected chi connectivity index (χ3v) is 8.38. The quantitative estimate of drug-likeness (QED) is 0.0834. The number of Topliss-reactive ketones (excluding diaryl/α,β-unsaturated/α-hetero) is 2. The standard InChI is InChI=1S/C35H52N4O4/c1-7-20-34(38(3)4,32(42)28-12-16-30(17-13-28)36-24-26-40)22-10-9-11-23-35(21-8-2,39(5)6)33(43)29-14-18-31(19-15-29)37-25-27-41/h7-8,12-19,36-37,40-41H,1-2,9-11,20-27H2,3-6H3. The topological polar surface area (TPSA) is 105 Å². The van der Waals surface area contributed by atoms with Crippen molar-refractivity contribution < 1.29 is 19.8 Å². The summed E-state index contributed by atoms with van der Waals surface area (Å²) < 4.78 is 0. The Morgan fingerprint density at radius 2 is 1.02 bits per heavy atom. The minimum atomic E-state index is -0.719. The molecule has 0 spiro atoms. The van der Waals surface area contributed by atoms with Gasteiger partial charge < -0.3 is 20.8 Å². The number of rotatable bonds is 22. The van der Waals surface area contributed by atoms with E-state index in [1.165, 1.54) is 0 Å². The summed E-state index contributed by atoms with van der Waals surface area (Å²) in [4.78, 5) is 31.9. The number of aliphatic hydroxyl groups is 2. The zero-order valence-electron chi connectivity index (χ0n) is 26.6. The molecule has 0 amide bonds. The van der Waals surface area contributed by atoms with Crippen LogP contribution in [0.5, 0.6) is 0 Å². The predicted octanol–water partition coefficient (Wildman–Crippen LogP) is 5.26. The highest BCUT2D eigenvalue weighted by molar-refractivity contribution is 6.04. The number of anilines is 2. The average Bonchev–Trinajstić information content (AvgIpc) is 3.01. The molecular formula is C35H52N4O4. The van der Waals surface area contributed by atoms with Gasteiger partial charge in [-0.3, -0.25) is 19.4 Å². The molecule has 236 valence electrons. The van der Waals surface area contributed by atoms with Crippen molar-refractivity contribution >= 4 is 22.9 Å². The van der Waals surface area contributed by atoms with Crippen LogP contribution < -0.4 is 10.6 Å². The number of aliphatic hydroxyl groups excluding tert-OH is 2. The van der Waals surface area contributed by atoms with E-state index in [4.69, 9.17) is 10.2 Å². The van der Waals surface area contributed by atoms with Gasteiger partial charge in [0.2, 0.25) is 0 Å². The molecule has 8 heteroatoms. The summed E-state index contributed by atoms with van der Waals surface area (Å²) in [7, 11) is 7.79. The van der Waals surface area contributed by atoms with Gasteiger partial charge in [-0.05, 0) is 102 Å². The second-order valence-electron chi connectivity index (χ2n) is 11.5. The Morgan fingerprint density at radius 1 is 0.674 bits per heavy atom. The number of hydrogen-bond acceptors (Lipinski definition) is 8.